The van der Waals surface area contributed by atoms with Gasteiger partial charge in [0.25, 0.3) is 0 Å². The Balaban J connectivity index is 1.87. The Morgan fingerprint density at radius 3 is 2.22 bits per heavy atom. The molecule has 2 aromatic carbocycles. The lowest BCUT2D eigenvalue weighted by Crippen LogP contribution is -2.29. The van der Waals surface area contributed by atoms with Crippen molar-refractivity contribution >= 4 is 10.9 Å². The summed E-state index contributed by atoms with van der Waals surface area (Å²) < 4.78 is 0. The first kappa shape index (κ1) is 22.0. The summed E-state index contributed by atoms with van der Waals surface area (Å²) in [7, 11) is 0. The molecule has 0 aliphatic carbocycles. The highest BCUT2D eigenvalue weighted by Gasteiger charge is 2.15. The Hall–Kier alpha value is -3.16. The molecule has 6 heteroatoms. The zero-order valence-electron chi connectivity index (χ0n) is 18.0. The molecule has 164 valence electrons. The van der Waals surface area contributed by atoms with Crippen LogP contribution in [0.5, 0.6) is 0 Å². The second kappa shape index (κ2) is 10.4. The van der Waals surface area contributed by atoms with Crippen LogP contribution in [-0.2, 0) is 13.1 Å². The van der Waals surface area contributed by atoms with Crippen LogP contribution in [0, 0.1) is 0 Å². The topological polar surface area (TPSA) is 95.5 Å². The number of nitrogens with zero attached hydrogens (tertiary/aromatic N) is 3. The van der Waals surface area contributed by atoms with Crippen molar-refractivity contribution in [2.75, 3.05) is 26.3 Å². The van der Waals surface area contributed by atoms with Crippen molar-refractivity contribution in [2.24, 2.45) is 5.73 Å². The predicted octanol–water partition coefficient (Wildman–Crippen LogP) is 3.21. The Morgan fingerprint density at radius 1 is 0.844 bits per heavy atom. The van der Waals surface area contributed by atoms with Crippen molar-refractivity contribution in [3.63, 3.8) is 0 Å². The Bertz CT molecular complexity index is 1160. The average Bonchev–Trinajstić information content (AvgIpc) is 2.84. The first-order valence-electron chi connectivity index (χ1n) is 10.8. The average molecular weight is 429 g/mol. The zero-order chi connectivity index (χ0) is 22.3. The van der Waals surface area contributed by atoms with Crippen molar-refractivity contribution in [2.45, 2.75) is 13.1 Å². The number of aliphatic hydroxyl groups excluding tert-OH is 2. The van der Waals surface area contributed by atoms with Crippen LogP contribution >= 0.6 is 0 Å². The lowest BCUT2D eigenvalue weighted by atomic mass is 9.96. The third-order valence-corrected chi connectivity index (χ3v) is 5.58. The molecule has 0 atom stereocenters. The monoisotopic (exact) mass is 428 g/mol. The van der Waals surface area contributed by atoms with Crippen LogP contribution in [0.1, 0.15) is 11.3 Å². The first-order chi connectivity index (χ1) is 15.7. The van der Waals surface area contributed by atoms with E-state index in [-0.39, 0.29) is 13.2 Å². The Morgan fingerprint density at radius 2 is 1.56 bits per heavy atom. The van der Waals surface area contributed by atoms with Gasteiger partial charge in [0.1, 0.15) is 0 Å². The van der Waals surface area contributed by atoms with Crippen LogP contribution in [0.2, 0.25) is 0 Å². The minimum absolute atomic E-state index is 0.0290. The molecule has 0 saturated carbocycles. The molecule has 0 aliphatic heterocycles. The van der Waals surface area contributed by atoms with E-state index in [4.69, 9.17) is 10.7 Å². The Kier molecular flexibility index (Phi) is 7.19. The van der Waals surface area contributed by atoms with Gasteiger partial charge >= 0.3 is 0 Å². The number of pyridine rings is 2. The van der Waals surface area contributed by atoms with Gasteiger partial charge in [-0.25, -0.2) is 4.98 Å². The van der Waals surface area contributed by atoms with Crippen molar-refractivity contribution in [3.8, 4) is 22.4 Å². The highest BCUT2D eigenvalue weighted by Crippen LogP contribution is 2.34. The number of fused-ring (bicyclic) bond motifs is 1. The molecule has 0 spiro atoms. The molecule has 0 aliphatic rings. The fourth-order valence-corrected chi connectivity index (χ4v) is 3.90. The quantitative estimate of drug-likeness (QED) is 0.379. The SMILES string of the molecule is NCc1ccc(-c2nc3ccnc(CN(CCO)CCO)c3cc2-c2ccccc2)cc1. The van der Waals surface area contributed by atoms with Gasteiger partial charge in [-0.15, -0.1) is 0 Å². The molecule has 0 saturated heterocycles. The van der Waals surface area contributed by atoms with Crippen LogP contribution < -0.4 is 5.73 Å². The number of nitrogens with two attached hydrogens (primary N) is 1. The Labute approximate surface area is 188 Å². The van der Waals surface area contributed by atoms with E-state index in [1.54, 1.807) is 6.20 Å². The highest BCUT2D eigenvalue weighted by molar-refractivity contribution is 5.92. The van der Waals surface area contributed by atoms with E-state index >= 15 is 0 Å². The van der Waals surface area contributed by atoms with E-state index in [9.17, 15) is 10.2 Å². The molecular weight excluding hydrogens is 400 g/mol. The highest BCUT2D eigenvalue weighted by atomic mass is 16.3. The molecule has 0 fully saturated rings. The van der Waals surface area contributed by atoms with Crippen molar-refractivity contribution in [3.05, 3.63) is 84.2 Å². The van der Waals surface area contributed by atoms with Gasteiger partial charge in [-0.1, -0.05) is 54.6 Å². The van der Waals surface area contributed by atoms with Crippen LogP contribution in [0.15, 0.2) is 72.9 Å². The molecule has 4 rings (SSSR count). The summed E-state index contributed by atoms with van der Waals surface area (Å²) in [5.41, 5.74) is 12.6. The van der Waals surface area contributed by atoms with Crippen LogP contribution in [0.4, 0.5) is 0 Å². The molecule has 0 amide bonds. The zero-order valence-corrected chi connectivity index (χ0v) is 18.0. The second-order valence-corrected chi connectivity index (χ2v) is 7.70. The lowest BCUT2D eigenvalue weighted by molar-refractivity contribution is 0.155. The van der Waals surface area contributed by atoms with Crippen molar-refractivity contribution in [1.29, 1.82) is 0 Å². The molecule has 32 heavy (non-hydrogen) atoms. The molecule has 4 N–H and O–H groups in total. The number of aliphatic hydroxyl groups is 2. The summed E-state index contributed by atoms with van der Waals surface area (Å²) >= 11 is 0. The standard InChI is InChI=1S/C26H28N4O2/c27-17-19-6-8-21(9-7-19)26-22(20-4-2-1-3-5-20)16-23-24(29-26)10-11-28-25(23)18-30(12-14-31)13-15-32/h1-11,16,31-32H,12-15,17-18,27H2. The van der Waals surface area contributed by atoms with E-state index in [2.05, 4.69) is 35.3 Å². The smallest absolute Gasteiger partial charge is 0.0788 e. The number of aromatic nitrogens is 2. The van der Waals surface area contributed by atoms with E-state index in [0.717, 1.165) is 44.5 Å². The van der Waals surface area contributed by atoms with Gasteiger partial charge in [-0.05, 0) is 23.3 Å². The van der Waals surface area contributed by atoms with Gasteiger partial charge in [0.2, 0.25) is 0 Å². The van der Waals surface area contributed by atoms with E-state index in [1.165, 1.54) is 0 Å². The van der Waals surface area contributed by atoms with Crippen LogP contribution in [-0.4, -0.2) is 51.4 Å². The van der Waals surface area contributed by atoms with Gasteiger partial charge in [0.05, 0.1) is 30.1 Å². The number of rotatable bonds is 9. The number of benzene rings is 2. The number of hydrogen-bond acceptors (Lipinski definition) is 6. The molecule has 2 aromatic heterocycles. The number of hydrogen-bond donors (Lipinski definition) is 3. The summed E-state index contributed by atoms with van der Waals surface area (Å²) in [5, 5.41) is 19.7. The van der Waals surface area contributed by atoms with Gasteiger partial charge in [0.15, 0.2) is 0 Å². The summed E-state index contributed by atoms with van der Waals surface area (Å²) in [6.07, 6.45) is 1.77. The molecule has 0 unspecified atom stereocenters. The predicted molar refractivity (Wildman–Crippen MR) is 128 cm³/mol. The summed E-state index contributed by atoms with van der Waals surface area (Å²) in [5.74, 6) is 0. The van der Waals surface area contributed by atoms with Crippen molar-refractivity contribution < 1.29 is 10.2 Å². The first-order valence-corrected chi connectivity index (χ1v) is 10.8. The molecule has 4 aromatic rings. The van der Waals surface area contributed by atoms with E-state index in [1.807, 2.05) is 41.3 Å². The van der Waals surface area contributed by atoms with Gasteiger partial charge in [-0.3, -0.25) is 9.88 Å². The molecule has 0 radical (unpaired) electrons. The van der Waals surface area contributed by atoms with Crippen LogP contribution in [0.3, 0.4) is 0 Å². The van der Waals surface area contributed by atoms with Gasteiger partial charge < -0.3 is 15.9 Å². The third kappa shape index (κ3) is 4.84. The maximum absolute atomic E-state index is 9.38. The molecule has 2 heterocycles. The maximum Gasteiger partial charge on any atom is 0.0788 e. The second-order valence-electron chi connectivity index (χ2n) is 7.70. The minimum Gasteiger partial charge on any atom is -0.395 e. The lowest BCUT2D eigenvalue weighted by Gasteiger charge is -2.21. The van der Waals surface area contributed by atoms with Gasteiger partial charge in [-0.2, -0.15) is 0 Å². The van der Waals surface area contributed by atoms with Crippen LogP contribution in [0.25, 0.3) is 33.3 Å². The fraction of sp³-hybridized carbons (Fsp3) is 0.231. The molecular formula is C26H28N4O2. The van der Waals surface area contributed by atoms with E-state index in [0.29, 0.717) is 26.2 Å². The minimum atomic E-state index is 0.0290. The fourth-order valence-electron chi connectivity index (χ4n) is 3.90. The summed E-state index contributed by atoms with van der Waals surface area (Å²) in [4.78, 5) is 11.7. The normalized spacial score (nSPS) is 11.4. The largest absolute Gasteiger partial charge is 0.395 e. The molecule has 0 bridgehead atoms. The van der Waals surface area contributed by atoms with Gasteiger partial charge in [0, 0.05) is 48.9 Å². The third-order valence-electron chi connectivity index (χ3n) is 5.58. The summed E-state index contributed by atoms with van der Waals surface area (Å²) in [6.45, 7) is 2.04. The maximum atomic E-state index is 9.38. The van der Waals surface area contributed by atoms with Crippen molar-refractivity contribution in [1.82, 2.24) is 14.9 Å². The van der Waals surface area contributed by atoms with E-state index < -0.39 is 0 Å². The summed E-state index contributed by atoms with van der Waals surface area (Å²) in [6, 6.07) is 22.5. The molecule has 6 nitrogen and oxygen atoms in total.